The lowest BCUT2D eigenvalue weighted by Crippen LogP contribution is -2.52. The van der Waals surface area contributed by atoms with Crippen LogP contribution in [0.25, 0.3) is 0 Å². The first-order chi connectivity index (χ1) is 11.3. The van der Waals surface area contributed by atoms with Crippen molar-refractivity contribution in [1.29, 1.82) is 0 Å². The van der Waals surface area contributed by atoms with E-state index in [0.29, 0.717) is 30.0 Å². The van der Waals surface area contributed by atoms with Gasteiger partial charge in [-0.2, -0.15) is 0 Å². The van der Waals surface area contributed by atoms with Gasteiger partial charge in [0.05, 0.1) is 0 Å². The van der Waals surface area contributed by atoms with Crippen molar-refractivity contribution >= 4 is 23.5 Å². The average molecular weight is 332 g/mol. The molecule has 0 spiro atoms. The van der Waals surface area contributed by atoms with E-state index in [4.69, 9.17) is 0 Å². The Morgan fingerprint density at radius 3 is 2.29 bits per heavy atom. The number of benzene rings is 1. The summed E-state index contributed by atoms with van der Waals surface area (Å²) in [5.74, 6) is -0.983. The van der Waals surface area contributed by atoms with Crippen molar-refractivity contribution in [3.63, 3.8) is 0 Å². The fourth-order valence-corrected chi connectivity index (χ4v) is 2.67. The van der Waals surface area contributed by atoms with Crippen LogP contribution in [0.3, 0.4) is 0 Å². The molecule has 1 aromatic rings. The van der Waals surface area contributed by atoms with Crippen LogP contribution in [0.5, 0.6) is 0 Å². The third-order valence-corrected chi connectivity index (χ3v) is 4.47. The molecule has 3 atom stereocenters. The summed E-state index contributed by atoms with van der Waals surface area (Å²) in [7, 11) is 0. The number of carbonyl (C=O) groups is 3. The molecule has 6 nitrogen and oxygen atoms in total. The van der Waals surface area contributed by atoms with Crippen LogP contribution in [0.15, 0.2) is 24.3 Å². The second-order valence-corrected chi connectivity index (χ2v) is 6.73. The van der Waals surface area contributed by atoms with Crippen LogP contribution in [-0.4, -0.2) is 28.4 Å². The van der Waals surface area contributed by atoms with E-state index >= 15 is 0 Å². The SMILES string of the molecule is CCCC(C)(NC(=O)c1ccc(NC(=O)C2CC2C)cc1)C(=O)O. The predicted molar refractivity (Wildman–Crippen MR) is 90.8 cm³/mol. The van der Waals surface area contributed by atoms with Crippen LogP contribution in [0, 0.1) is 11.8 Å². The molecule has 0 heterocycles. The zero-order chi connectivity index (χ0) is 17.9. The lowest BCUT2D eigenvalue weighted by Gasteiger charge is -2.25. The largest absolute Gasteiger partial charge is 0.480 e. The van der Waals surface area contributed by atoms with Crippen molar-refractivity contribution in [3.05, 3.63) is 29.8 Å². The fraction of sp³-hybridized carbons (Fsp3) is 0.500. The summed E-state index contributed by atoms with van der Waals surface area (Å²) in [6.45, 7) is 5.40. The number of carbonyl (C=O) groups excluding carboxylic acids is 2. The van der Waals surface area contributed by atoms with Gasteiger partial charge in [0.15, 0.2) is 0 Å². The smallest absolute Gasteiger partial charge is 0.329 e. The summed E-state index contributed by atoms with van der Waals surface area (Å²) in [6.07, 6.45) is 1.91. The van der Waals surface area contributed by atoms with Crippen LogP contribution in [0.4, 0.5) is 5.69 Å². The Labute approximate surface area is 141 Å². The Hall–Kier alpha value is -2.37. The Bertz CT molecular complexity index is 641. The summed E-state index contributed by atoms with van der Waals surface area (Å²) in [5.41, 5.74) is -0.303. The normalized spacial score (nSPS) is 21.5. The van der Waals surface area contributed by atoms with Crippen molar-refractivity contribution in [2.24, 2.45) is 11.8 Å². The topological polar surface area (TPSA) is 95.5 Å². The van der Waals surface area contributed by atoms with E-state index in [1.54, 1.807) is 24.3 Å². The zero-order valence-electron chi connectivity index (χ0n) is 14.3. The second-order valence-electron chi connectivity index (χ2n) is 6.73. The highest BCUT2D eigenvalue weighted by atomic mass is 16.4. The molecule has 130 valence electrons. The molecule has 24 heavy (non-hydrogen) atoms. The molecule has 1 fully saturated rings. The number of hydrogen-bond donors (Lipinski definition) is 3. The molecule has 1 aliphatic rings. The highest BCUT2D eigenvalue weighted by molar-refractivity contribution is 5.99. The molecule has 1 aliphatic carbocycles. The van der Waals surface area contributed by atoms with Crippen molar-refractivity contribution in [2.75, 3.05) is 5.32 Å². The molecule has 0 saturated heterocycles. The maximum absolute atomic E-state index is 12.3. The molecule has 1 saturated carbocycles. The maximum Gasteiger partial charge on any atom is 0.329 e. The number of amides is 2. The third kappa shape index (κ3) is 4.13. The Morgan fingerprint density at radius 2 is 1.83 bits per heavy atom. The van der Waals surface area contributed by atoms with Gasteiger partial charge in [-0.15, -0.1) is 0 Å². The lowest BCUT2D eigenvalue weighted by molar-refractivity contribution is -0.144. The highest BCUT2D eigenvalue weighted by Gasteiger charge is 2.39. The summed E-state index contributed by atoms with van der Waals surface area (Å²) >= 11 is 0. The first-order valence-electron chi connectivity index (χ1n) is 8.23. The van der Waals surface area contributed by atoms with Crippen LogP contribution in [0.2, 0.25) is 0 Å². The number of aliphatic carboxylic acids is 1. The van der Waals surface area contributed by atoms with Crippen LogP contribution >= 0.6 is 0 Å². The van der Waals surface area contributed by atoms with E-state index < -0.39 is 17.4 Å². The van der Waals surface area contributed by atoms with E-state index in [9.17, 15) is 19.5 Å². The molecule has 0 aromatic heterocycles. The molecule has 0 aliphatic heterocycles. The molecule has 6 heteroatoms. The van der Waals surface area contributed by atoms with E-state index in [1.807, 2.05) is 13.8 Å². The van der Waals surface area contributed by atoms with Crippen molar-refractivity contribution in [1.82, 2.24) is 5.32 Å². The number of hydrogen-bond acceptors (Lipinski definition) is 3. The van der Waals surface area contributed by atoms with Gasteiger partial charge in [0.1, 0.15) is 5.54 Å². The Balaban J connectivity index is 2.00. The molecule has 0 radical (unpaired) electrons. The predicted octanol–water partition coefficient (Wildman–Crippen LogP) is 2.65. The zero-order valence-corrected chi connectivity index (χ0v) is 14.3. The average Bonchev–Trinajstić information content (AvgIpc) is 3.25. The van der Waals surface area contributed by atoms with Gasteiger partial charge in [0.2, 0.25) is 5.91 Å². The molecule has 1 aromatic carbocycles. The second kappa shape index (κ2) is 7.03. The van der Waals surface area contributed by atoms with E-state index in [-0.39, 0.29) is 11.8 Å². The quantitative estimate of drug-likeness (QED) is 0.715. The molecule has 2 amide bonds. The number of carboxylic acids is 1. The van der Waals surface area contributed by atoms with Crippen LogP contribution in [0.1, 0.15) is 50.4 Å². The minimum Gasteiger partial charge on any atom is -0.480 e. The van der Waals surface area contributed by atoms with Gasteiger partial charge in [0.25, 0.3) is 5.91 Å². The highest BCUT2D eigenvalue weighted by Crippen LogP contribution is 2.38. The molecule has 2 rings (SSSR count). The molecule has 3 N–H and O–H groups in total. The van der Waals surface area contributed by atoms with Gasteiger partial charge < -0.3 is 15.7 Å². The van der Waals surface area contributed by atoms with E-state index in [1.165, 1.54) is 6.92 Å². The first-order valence-corrected chi connectivity index (χ1v) is 8.23. The Morgan fingerprint density at radius 1 is 1.25 bits per heavy atom. The summed E-state index contributed by atoms with van der Waals surface area (Å²) < 4.78 is 0. The first kappa shape index (κ1) is 18.0. The monoisotopic (exact) mass is 332 g/mol. The lowest BCUT2D eigenvalue weighted by atomic mass is 9.95. The summed E-state index contributed by atoms with van der Waals surface area (Å²) in [4.78, 5) is 35.5. The van der Waals surface area contributed by atoms with Gasteiger partial charge in [-0.1, -0.05) is 20.3 Å². The van der Waals surface area contributed by atoms with E-state index in [2.05, 4.69) is 10.6 Å². The summed E-state index contributed by atoms with van der Waals surface area (Å²) in [5, 5.41) is 14.7. The molecule has 3 unspecified atom stereocenters. The minimum absolute atomic E-state index is 0.00102. The van der Waals surface area contributed by atoms with Gasteiger partial charge in [-0.05, 0) is 49.9 Å². The number of carboxylic acid groups (broad SMARTS) is 1. The number of nitrogens with one attached hydrogen (secondary N) is 2. The van der Waals surface area contributed by atoms with Crippen molar-refractivity contribution in [3.8, 4) is 0 Å². The van der Waals surface area contributed by atoms with Gasteiger partial charge >= 0.3 is 5.97 Å². The van der Waals surface area contributed by atoms with Crippen LogP contribution in [-0.2, 0) is 9.59 Å². The third-order valence-electron chi connectivity index (χ3n) is 4.47. The Kier molecular flexibility index (Phi) is 5.26. The minimum atomic E-state index is -1.29. The fourth-order valence-electron chi connectivity index (χ4n) is 2.67. The van der Waals surface area contributed by atoms with Gasteiger partial charge in [0, 0.05) is 17.2 Å². The molecular formula is C18H24N2O4. The van der Waals surface area contributed by atoms with E-state index in [0.717, 1.165) is 6.42 Å². The number of anilines is 1. The van der Waals surface area contributed by atoms with Gasteiger partial charge in [-0.3, -0.25) is 9.59 Å². The van der Waals surface area contributed by atoms with Crippen molar-refractivity contribution in [2.45, 2.75) is 45.6 Å². The van der Waals surface area contributed by atoms with Crippen molar-refractivity contribution < 1.29 is 19.5 Å². The molecule has 0 bridgehead atoms. The van der Waals surface area contributed by atoms with Crippen LogP contribution < -0.4 is 10.6 Å². The van der Waals surface area contributed by atoms with Gasteiger partial charge in [-0.25, -0.2) is 4.79 Å². The summed E-state index contributed by atoms with van der Waals surface area (Å²) in [6, 6.07) is 6.46. The molecular weight excluding hydrogens is 308 g/mol. The standard InChI is InChI=1S/C18H24N2O4/c1-4-9-18(3,17(23)24)20-15(21)12-5-7-13(8-6-12)19-16(22)14-10-11(14)2/h5-8,11,14H,4,9-10H2,1-3H3,(H,19,22)(H,20,21)(H,23,24). The number of rotatable bonds is 7. The maximum atomic E-state index is 12.3.